The van der Waals surface area contributed by atoms with Gasteiger partial charge in [-0.05, 0) is 55.3 Å². The molecule has 2 N–H and O–H groups in total. The zero-order valence-corrected chi connectivity index (χ0v) is 13.3. The average Bonchev–Trinajstić information content (AvgIpc) is 2.49. The first-order chi connectivity index (χ1) is 10.6. The number of hydrogen-bond acceptors (Lipinski definition) is 3. The van der Waals surface area contributed by atoms with Gasteiger partial charge in [0.25, 0.3) is 5.56 Å². The molecule has 0 spiro atoms. The highest BCUT2D eigenvalue weighted by Gasteiger charge is 2.22. The Balaban J connectivity index is 1.63. The van der Waals surface area contributed by atoms with Gasteiger partial charge in [0.05, 0.1) is 6.10 Å². The lowest BCUT2D eigenvalue weighted by atomic mass is 9.92. The Hall–Kier alpha value is -1.81. The van der Waals surface area contributed by atoms with Gasteiger partial charge in [-0.1, -0.05) is 13.8 Å². The lowest BCUT2D eigenvalue weighted by Gasteiger charge is -2.30. The molecular weight excluding hydrogens is 276 g/mol. The lowest BCUT2D eigenvalue weighted by Crippen LogP contribution is -2.39. The number of ether oxygens (including phenoxy) is 1. The highest BCUT2D eigenvalue weighted by molar-refractivity contribution is 5.82. The standard InChI is InChI=1S/C18H24N2O2/c1-12(2)20-14-3-5-15(6-4-14)22-16-7-8-17-13(11-16)9-10-19-18(17)21/h7-12,14-15,20H,3-6H2,1-2H3,(H,19,21)/t14-,15-. The van der Waals surface area contributed by atoms with Crippen LogP contribution >= 0.6 is 0 Å². The van der Waals surface area contributed by atoms with Gasteiger partial charge in [-0.2, -0.15) is 0 Å². The van der Waals surface area contributed by atoms with Crippen LogP contribution in [0.4, 0.5) is 0 Å². The summed E-state index contributed by atoms with van der Waals surface area (Å²) in [4.78, 5) is 14.4. The molecule has 0 amide bonds. The highest BCUT2D eigenvalue weighted by Crippen LogP contribution is 2.25. The van der Waals surface area contributed by atoms with Crippen LogP contribution < -0.4 is 15.6 Å². The van der Waals surface area contributed by atoms with Crippen LogP contribution in [0.3, 0.4) is 0 Å². The SMILES string of the molecule is CC(C)N[C@H]1CC[C@H](Oc2ccc3c(=O)[nH]ccc3c2)CC1. The minimum atomic E-state index is -0.0516. The maximum Gasteiger partial charge on any atom is 0.255 e. The van der Waals surface area contributed by atoms with Crippen LogP contribution in [0.5, 0.6) is 5.75 Å². The summed E-state index contributed by atoms with van der Waals surface area (Å²) >= 11 is 0. The van der Waals surface area contributed by atoms with Gasteiger partial charge in [-0.15, -0.1) is 0 Å². The third-order valence-corrected chi connectivity index (χ3v) is 4.29. The van der Waals surface area contributed by atoms with Crippen molar-refractivity contribution in [2.75, 3.05) is 0 Å². The molecule has 1 aliphatic rings. The first kappa shape index (κ1) is 15.1. The fraction of sp³-hybridized carbons (Fsp3) is 0.500. The van der Waals surface area contributed by atoms with E-state index in [1.165, 1.54) is 0 Å². The number of nitrogens with one attached hydrogen (secondary N) is 2. The molecule has 0 unspecified atom stereocenters. The average molecular weight is 300 g/mol. The molecular formula is C18H24N2O2. The smallest absolute Gasteiger partial charge is 0.255 e. The van der Waals surface area contributed by atoms with Crippen molar-refractivity contribution in [1.82, 2.24) is 10.3 Å². The monoisotopic (exact) mass is 300 g/mol. The van der Waals surface area contributed by atoms with Crippen LogP contribution in [0.1, 0.15) is 39.5 Å². The van der Waals surface area contributed by atoms with Crippen LogP contribution in [-0.2, 0) is 0 Å². The quantitative estimate of drug-likeness (QED) is 0.911. The summed E-state index contributed by atoms with van der Waals surface area (Å²) < 4.78 is 6.12. The van der Waals surface area contributed by atoms with Gasteiger partial charge in [0.2, 0.25) is 0 Å². The lowest BCUT2D eigenvalue weighted by molar-refractivity contribution is 0.138. The summed E-state index contributed by atoms with van der Waals surface area (Å²) in [6, 6.07) is 8.78. The summed E-state index contributed by atoms with van der Waals surface area (Å²) in [6.07, 6.45) is 6.45. The molecule has 0 radical (unpaired) electrons. The van der Waals surface area contributed by atoms with E-state index in [2.05, 4.69) is 24.1 Å². The fourth-order valence-electron chi connectivity index (χ4n) is 3.25. The molecule has 3 rings (SSSR count). The van der Waals surface area contributed by atoms with Crippen molar-refractivity contribution in [2.24, 2.45) is 0 Å². The Labute approximate surface area is 130 Å². The second kappa shape index (κ2) is 6.53. The number of hydrogen-bond donors (Lipinski definition) is 2. The van der Waals surface area contributed by atoms with E-state index >= 15 is 0 Å². The van der Waals surface area contributed by atoms with Crippen molar-refractivity contribution in [2.45, 2.75) is 57.7 Å². The van der Waals surface area contributed by atoms with Crippen molar-refractivity contribution >= 4 is 10.8 Å². The van der Waals surface area contributed by atoms with Crippen LogP contribution in [0, 0.1) is 0 Å². The molecule has 1 aliphatic carbocycles. The third-order valence-electron chi connectivity index (χ3n) is 4.29. The molecule has 1 aromatic carbocycles. The van der Waals surface area contributed by atoms with Gasteiger partial charge in [0.1, 0.15) is 5.75 Å². The molecule has 118 valence electrons. The second-order valence-electron chi connectivity index (χ2n) is 6.47. The van der Waals surface area contributed by atoms with Crippen molar-refractivity contribution in [3.8, 4) is 5.75 Å². The van der Waals surface area contributed by atoms with Gasteiger partial charge >= 0.3 is 0 Å². The molecule has 4 heteroatoms. The van der Waals surface area contributed by atoms with Gasteiger partial charge < -0.3 is 15.0 Å². The van der Waals surface area contributed by atoms with Crippen LogP contribution in [0.15, 0.2) is 35.3 Å². The van der Waals surface area contributed by atoms with Gasteiger partial charge in [-0.25, -0.2) is 0 Å². The highest BCUT2D eigenvalue weighted by atomic mass is 16.5. The Bertz CT molecular complexity index is 685. The number of fused-ring (bicyclic) bond motifs is 1. The van der Waals surface area contributed by atoms with Crippen molar-refractivity contribution in [3.63, 3.8) is 0 Å². The summed E-state index contributed by atoms with van der Waals surface area (Å²) in [5.74, 6) is 0.860. The van der Waals surface area contributed by atoms with Crippen molar-refractivity contribution in [1.29, 1.82) is 0 Å². The molecule has 22 heavy (non-hydrogen) atoms. The van der Waals surface area contributed by atoms with Gasteiger partial charge in [-0.3, -0.25) is 4.79 Å². The van der Waals surface area contributed by atoms with Crippen molar-refractivity contribution in [3.05, 3.63) is 40.8 Å². The maximum absolute atomic E-state index is 11.7. The molecule has 0 atom stereocenters. The van der Waals surface area contributed by atoms with E-state index in [0.717, 1.165) is 36.8 Å². The van der Waals surface area contributed by atoms with Crippen LogP contribution in [-0.4, -0.2) is 23.2 Å². The van der Waals surface area contributed by atoms with Crippen LogP contribution in [0.2, 0.25) is 0 Å². The number of aromatic amines is 1. The molecule has 1 fully saturated rings. The molecule has 1 saturated carbocycles. The summed E-state index contributed by atoms with van der Waals surface area (Å²) in [7, 11) is 0. The van der Waals surface area contributed by atoms with E-state index in [9.17, 15) is 4.79 Å². The van der Waals surface area contributed by atoms with Gasteiger partial charge in [0.15, 0.2) is 0 Å². The Morgan fingerprint density at radius 3 is 2.68 bits per heavy atom. The molecule has 4 nitrogen and oxygen atoms in total. The number of aromatic nitrogens is 1. The molecule has 2 aromatic rings. The first-order valence-corrected chi connectivity index (χ1v) is 8.16. The third kappa shape index (κ3) is 3.50. The number of H-pyrrole nitrogens is 1. The topological polar surface area (TPSA) is 54.1 Å². The molecule has 1 heterocycles. The normalized spacial score (nSPS) is 22.1. The molecule has 1 aromatic heterocycles. The van der Waals surface area contributed by atoms with Gasteiger partial charge in [0, 0.05) is 23.7 Å². The molecule has 0 bridgehead atoms. The van der Waals surface area contributed by atoms with E-state index in [4.69, 9.17) is 4.74 Å². The molecule has 0 saturated heterocycles. The zero-order chi connectivity index (χ0) is 15.5. The van der Waals surface area contributed by atoms with E-state index in [1.807, 2.05) is 24.3 Å². The van der Waals surface area contributed by atoms with E-state index in [-0.39, 0.29) is 11.7 Å². The summed E-state index contributed by atoms with van der Waals surface area (Å²) in [5, 5.41) is 5.24. The summed E-state index contributed by atoms with van der Waals surface area (Å²) in [5.41, 5.74) is -0.0516. The Morgan fingerprint density at radius 1 is 1.18 bits per heavy atom. The minimum Gasteiger partial charge on any atom is -0.490 e. The first-order valence-electron chi connectivity index (χ1n) is 8.16. The van der Waals surface area contributed by atoms with Crippen molar-refractivity contribution < 1.29 is 4.74 Å². The molecule has 0 aliphatic heterocycles. The number of pyridine rings is 1. The number of benzene rings is 1. The predicted molar refractivity (Wildman–Crippen MR) is 89.5 cm³/mol. The minimum absolute atomic E-state index is 0.0516. The Morgan fingerprint density at radius 2 is 1.95 bits per heavy atom. The summed E-state index contributed by atoms with van der Waals surface area (Å²) in [6.45, 7) is 4.39. The largest absolute Gasteiger partial charge is 0.490 e. The fourth-order valence-corrected chi connectivity index (χ4v) is 3.25. The zero-order valence-electron chi connectivity index (χ0n) is 13.3. The maximum atomic E-state index is 11.7. The number of rotatable bonds is 4. The predicted octanol–water partition coefficient (Wildman–Crippen LogP) is 3.22. The second-order valence-corrected chi connectivity index (χ2v) is 6.47. The van der Waals surface area contributed by atoms with E-state index in [1.54, 1.807) is 6.20 Å². The van der Waals surface area contributed by atoms with E-state index in [0.29, 0.717) is 17.5 Å². The van der Waals surface area contributed by atoms with E-state index < -0.39 is 0 Å². The van der Waals surface area contributed by atoms with Crippen LogP contribution in [0.25, 0.3) is 10.8 Å². The Kier molecular flexibility index (Phi) is 4.48.